The fourth-order valence-electron chi connectivity index (χ4n) is 1.93. The summed E-state index contributed by atoms with van der Waals surface area (Å²) in [5.74, 6) is 5.79. The Balaban J connectivity index is 2.46. The highest BCUT2D eigenvalue weighted by Crippen LogP contribution is 2.32. The third-order valence-corrected chi connectivity index (χ3v) is 2.77. The van der Waals surface area contributed by atoms with Gasteiger partial charge in [-0.3, -0.25) is 10.8 Å². The maximum atomic E-state index is 12.5. The van der Waals surface area contributed by atoms with Gasteiger partial charge in [-0.2, -0.15) is 8.78 Å². The normalized spacial score (nSPS) is 12.2. The lowest BCUT2D eigenvalue weighted by atomic mass is 10.0. The molecule has 0 bridgehead atoms. The minimum Gasteiger partial charge on any atom is -0.480 e. The van der Waals surface area contributed by atoms with Crippen LogP contribution in [-0.4, -0.2) is 23.7 Å². The van der Waals surface area contributed by atoms with E-state index in [9.17, 15) is 8.78 Å². The highest BCUT2D eigenvalue weighted by Gasteiger charge is 2.23. The summed E-state index contributed by atoms with van der Waals surface area (Å²) >= 11 is 0. The van der Waals surface area contributed by atoms with Crippen molar-refractivity contribution in [2.45, 2.75) is 12.7 Å². The molecule has 0 aliphatic rings. The van der Waals surface area contributed by atoms with Crippen LogP contribution in [0.25, 0.3) is 0 Å². The summed E-state index contributed by atoms with van der Waals surface area (Å²) in [5.41, 5.74) is 3.29. The first kappa shape index (κ1) is 15.1. The lowest BCUT2D eigenvalue weighted by molar-refractivity contribution is -0.0506. The molecule has 2 aromatic rings. The zero-order valence-electron chi connectivity index (χ0n) is 11.2. The Hall–Kier alpha value is -2.32. The van der Waals surface area contributed by atoms with Crippen molar-refractivity contribution in [3.8, 4) is 11.6 Å². The summed E-state index contributed by atoms with van der Waals surface area (Å²) in [6.07, 6.45) is 2.91. The number of hydrazine groups is 1. The number of aromatic nitrogens is 2. The Morgan fingerprint density at radius 1 is 1.19 bits per heavy atom. The summed E-state index contributed by atoms with van der Waals surface area (Å²) in [5, 5.41) is 0. The summed E-state index contributed by atoms with van der Waals surface area (Å²) in [4.78, 5) is 8.16. The topological polar surface area (TPSA) is 82.3 Å². The predicted molar refractivity (Wildman–Crippen MR) is 70.8 cm³/mol. The minimum absolute atomic E-state index is 0.00292. The molecule has 6 nitrogen and oxygen atoms in total. The molecule has 1 aromatic heterocycles. The third kappa shape index (κ3) is 3.41. The number of rotatable bonds is 6. The lowest BCUT2D eigenvalue weighted by Gasteiger charge is -2.20. The highest BCUT2D eigenvalue weighted by atomic mass is 19.3. The number of hydrogen-bond donors (Lipinski definition) is 2. The number of nitrogens with two attached hydrogens (primary N) is 1. The third-order valence-electron chi connectivity index (χ3n) is 2.77. The first-order valence-corrected chi connectivity index (χ1v) is 6.02. The van der Waals surface area contributed by atoms with E-state index in [-0.39, 0.29) is 11.6 Å². The van der Waals surface area contributed by atoms with Gasteiger partial charge in [-0.15, -0.1) is 0 Å². The molecule has 0 fully saturated rings. The first-order chi connectivity index (χ1) is 10.2. The van der Waals surface area contributed by atoms with E-state index in [0.717, 1.165) is 0 Å². The first-order valence-electron chi connectivity index (χ1n) is 6.02. The van der Waals surface area contributed by atoms with E-state index in [1.54, 1.807) is 18.2 Å². The van der Waals surface area contributed by atoms with Crippen LogP contribution >= 0.6 is 0 Å². The van der Waals surface area contributed by atoms with Crippen LogP contribution in [0, 0.1) is 0 Å². The Labute approximate surface area is 119 Å². The fraction of sp³-hybridized carbons (Fsp3) is 0.231. The fourth-order valence-corrected chi connectivity index (χ4v) is 1.93. The van der Waals surface area contributed by atoms with Gasteiger partial charge in [0.25, 0.3) is 0 Å². The van der Waals surface area contributed by atoms with Crippen LogP contribution in [0.3, 0.4) is 0 Å². The van der Waals surface area contributed by atoms with Gasteiger partial charge in [-0.05, 0) is 6.07 Å². The van der Waals surface area contributed by atoms with Crippen LogP contribution < -0.4 is 20.7 Å². The summed E-state index contributed by atoms with van der Waals surface area (Å²) < 4.78 is 34.6. The van der Waals surface area contributed by atoms with Crippen LogP contribution in [0.15, 0.2) is 36.7 Å². The summed E-state index contributed by atoms with van der Waals surface area (Å²) in [6.45, 7) is -2.94. The lowest BCUT2D eigenvalue weighted by Crippen LogP contribution is -2.30. The van der Waals surface area contributed by atoms with E-state index in [4.69, 9.17) is 10.6 Å². The predicted octanol–water partition coefficient (Wildman–Crippen LogP) is 1.64. The van der Waals surface area contributed by atoms with Crippen LogP contribution in [0.1, 0.15) is 17.3 Å². The minimum atomic E-state index is -2.94. The van der Waals surface area contributed by atoms with Gasteiger partial charge in [-0.25, -0.2) is 10.4 Å². The van der Waals surface area contributed by atoms with Crippen LogP contribution in [0.4, 0.5) is 8.78 Å². The number of benzene rings is 1. The second-order valence-electron chi connectivity index (χ2n) is 3.97. The Morgan fingerprint density at radius 3 is 2.57 bits per heavy atom. The molecule has 0 amide bonds. The number of nitrogens with one attached hydrogen (secondary N) is 1. The highest BCUT2D eigenvalue weighted by molar-refractivity contribution is 5.41. The van der Waals surface area contributed by atoms with Gasteiger partial charge in [0.2, 0.25) is 5.88 Å². The molecule has 2 rings (SSSR count). The molecule has 112 valence electrons. The van der Waals surface area contributed by atoms with Crippen LogP contribution in [0.2, 0.25) is 0 Å². The standard InChI is InChI=1S/C13H14F2N4O2/c1-20-12-11(17-6-7-18-12)10(19-16)8-4-2-3-5-9(8)21-13(14)15/h2-7,10,13,19H,16H2,1H3. The number of hydrogen-bond acceptors (Lipinski definition) is 6. The smallest absolute Gasteiger partial charge is 0.387 e. The van der Waals surface area contributed by atoms with Crippen molar-refractivity contribution in [1.82, 2.24) is 15.4 Å². The van der Waals surface area contributed by atoms with Gasteiger partial charge in [0.1, 0.15) is 11.4 Å². The molecule has 1 atom stereocenters. The van der Waals surface area contributed by atoms with Gasteiger partial charge in [0.15, 0.2) is 0 Å². The Kier molecular flexibility index (Phi) is 4.96. The van der Waals surface area contributed by atoms with E-state index < -0.39 is 12.7 Å². The molecule has 8 heteroatoms. The van der Waals surface area contributed by atoms with Crippen LogP contribution in [0.5, 0.6) is 11.6 Å². The molecular weight excluding hydrogens is 282 g/mol. The number of para-hydroxylation sites is 1. The Bertz CT molecular complexity index is 598. The summed E-state index contributed by atoms with van der Waals surface area (Å²) in [7, 11) is 1.43. The zero-order valence-corrected chi connectivity index (χ0v) is 11.2. The van der Waals surface area contributed by atoms with Gasteiger partial charge >= 0.3 is 6.61 Å². The molecular formula is C13H14F2N4O2. The van der Waals surface area contributed by atoms with Crippen molar-refractivity contribution in [3.05, 3.63) is 47.9 Å². The van der Waals surface area contributed by atoms with E-state index in [0.29, 0.717) is 11.3 Å². The molecule has 1 aromatic carbocycles. The number of ether oxygens (including phenoxy) is 2. The van der Waals surface area contributed by atoms with E-state index in [1.165, 1.54) is 25.6 Å². The largest absolute Gasteiger partial charge is 0.480 e. The van der Waals surface area contributed by atoms with Crippen molar-refractivity contribution in [2.75, 3.05) is 7.11 Å². The van der Waals surface area contributed by atoms with Crippen molar-refractivity contribution in [3.63, 3.8) is 0 Å². The van der Waals surface area contributed by atoms with Crippen LogP contribution in [-0.2, 0) is 0 Å². The average molecular weight is 296 g/mol. The maximum absolute atomic E-state index is 12.5. The number of methoxy groups -OCH3 is 1. The van der Waals surface area contributed by atoms with Gasteiger partial charge in [-0.1, -0.05) is 18.2 Å². The molecule has 1 unspecified atom stereocenters. The van der Waals surface area contributed by atoms with Gasteiger partial charge < -0.3 is 9.47 Å². The number of alkyl halides is 2. The van der Waals surface area contributed by atoms with Crippen molar-refractivity contribution in [1.29, 1.82) is 0 Å². The number of nitrogens with zero attached hydrogens (tertiary/aromatic N) is 2. The van der Waals surface area contributed by atoms with E-state index in [2.05, 4.69) is 20.1 Å². The number of halogens is 2. The SMILES string of the molecule is COc1nccnc1C(NN)c1ccccc1OC(F)F. The quantitative estimate of drug-likeness (QED) is 0.623. The van der Waals surface area contributed by atoms with Crippen molar-refractivity contribution < 1.29 is 18.3 Å². The molecule has 0 aliphatic heterocycles. The molecule has 0 radical (unpaired) electrons. The molecule has 0 saturated carbocycles. The second-order valence-corrected chi connectivity index (χ2v) is 3.97. The molecule has 0 spiro atoms. The summed E-state index contributed by atoms with van der Waals surface area (Å²) in [6, 6.07) is 5.60. The molecule has 0 aliphatic carbocycles. The Morgan fingerprint density at radius 2 is 1.90 bits per heavy atom. The average Bonchev–Trinajstić information content (AvgIpc) is 2.49. The monoisotopic (exact) mass is 296 g/mol. The molecule has 21 heavy (non-hydrogen) atoms. The van der Waals surface area contributed by atoms with Gasteiger partial charge in [0, 0.05) is 18.0 Å². The van der Waals surface area contributed by atoms with Crippen molar-refractivity contribution in [2.24, 2.45) is 5.84 Å². The maximum Gasteiger partial charge on any atom is 0.387 e. The van der Waals surface area contributed by atoms with Gasteiger partial charge in [0.05, 0.1) is 13.2 Å². The molecule has 0 saturated heterocycles. The second kappa shape index (κ2) is 6.91. The van der Waals surface area contributed by atoms with E-state index in [1.807, 2.05) is 0 Å². The zero-order chi connectivity index (χ0) is 15.2. The molecule has 1 heterocycles. The van der Waals surface area contributed by atoms with Crippen molar-refractivity contribution >= 4 is 0 Å². The van der Waals surface area contributed by atoms with E-state index >= 15 is 0 Å². The molecule has 3 N–H and O–H groups in total.